The van der Waals surface area contributed by atoms with Crippen LogP contribution in [0, 0.1) is 5.82 Å². The molecule has 2 aromatic carbocycles. The monoisotopic (exact) mass is 390 g/mol. The fourth-order valence-corrected chi connectivity index (χ4v) is 4.18. The van der Waals surface area contributed by atoms with Crippen molar-refractivity contribution in [3.8, 4) is 0 Å². The zero-order valence-electron chi connectivity index (χ0n) is 14.9. The zero-order chi connectivity index (χ0) is 19.3. The van der Waals surface area contributed by atoms with Gasteiger partial charge in [-0.2, -0.15) is 0 Å². The third kappa shape index (κ3) is 5.37. The van der Waals surface area contributed by atoms with Crippen molar-refractivity contribution in [2.75, 3.05) is 0 Å². The van der Waals surface area contributed by atoms with Gasteiger partial charge < -0.3 is 5.32 Å². The molecule has 0 aromatic heterocycles. The minimum Gasteiger partial charge on any atom is -0.349 e. The Labute approximate surface area is 159 Å². The molecular weight excluding hydrogens is 367 g/mol. The molecule has 27 heavy (non-hydrogen) atoms. The number of rotatable bonds is 6. The number of sulfonamides is 1. The van der Waals surface area contributed by atoms with Gasteiger partial charge in [-0.15, -0.1) is 0 Å². The van der Waals surface area contributed by atoms with Crippen molar-refractivity contribution in [2.45, 2.75) is 49.6 Å². The molecule has 2 N–H and O–H groups in total. The van der Waals surface area contributed by atoms with Crippen molar-refractivity contribution in [3.63, 3.8) is 0 Å². The summed E-state index contributed by atoms with van der Waals surface area (Å²) < 4.78 is 40.1. The Bertz CT molecular complexity index is 874. The van der Waals surface area contributed by atoms with Crippen molar-refractivity contribution in [1.29, 1.82) is 0 Å². The number of halogens is 1. The molecule has 1 fully saturated rings. The molecule has 2 aromatic rings. The van der Waals surface area contributed by atoms with Gasteiger partial charge in [0, 0.05) is 18.2 Å². The van der Waals surface area contributed by atoms with E-state index in [4.69, 9.17) is 0 Å². The molecule has 1 saturated carbocycles. The summed E-state index contributed by atoms with van der Waals surface area (Å²) in [6, 6.07) is 11.7. The highest BCUT2D eigenvalue weighted by Gasteiger charge is 2.18. The van der Waals surface area contributed by atoms with Gasteiger partial charge in [0.2, 0.25) is 10.0 Å². The molecular formula is C20H23FN2O3S. The van der Waals surface area contributed by atoms with Gasteiger partial charge in [0.15, 0.2) is 0 Å². The van der Waals surface area contributed by atoms with Gasteiger partial charge in [-0.05, 0) is 54.8 Å². The van der Waals surface area contributed by atoms with E-state index in [9.17, 15) is 17.6 Å². The first kappa shape index (κ1) is 19.5. The van der Waals surface area contributed by atoms with E-state index in [-0.39, 0.29) is 29.2 Å². The van der Waals surface area contributed by atoms with E-state index in [1.807, 2.05) is 0 Å². The molecule has 0 aliphatic heterocycles. The lowest BCUT2D eigenvalue weighted by molar-refractivity contribution is 0.0927. The van der Waals surface area contributed by atoms with Crippen LogP contribution in [0.5, 0.6) is 0 Å². The molecule has 7 heteroatoms. The standard InChI is InChI=1S/C20H23FN2O3S/c21-17-10-6-15(7-11-17)14-22-27(25,26)19-12-8-16(9-13-19)20(24)23-18-4-2-1-3-5-18/h6-13,18,22H,1-5,14H2,(H,23,24). The predicted octanol–water partition coefficient (Wildman–Crippen LogP) is 3.37. The first-order valence-corrected chi connectivity index (χ1v) is 10.6. The molecule has 0 atom stereocenters. The van der Waals surface area contributed by atoms with Crippen LogP contribution in [0.4, 0.5) is 4.39 Å². The number of benzene rings is 2. The summed E-state index contributed by atoms with van der Waals surface area (Å²) in [5, 5.41) is 3.01. The minimum atomic E-state index is -3.71. The fourth-order valence-electron chi connectivity index (χ4n) is 3.17. The fraction of sp³-hybridized carbons (Fsp3) is 0.350. The van der Waals surface area contributed by atoms with E-state index >= 15 is 0 Å². The zero-order valence-corrected chi connectivity index (χ0v) is 15.8. The third-order valence-electron chi connectivity index (χ3n) is 4.75. The minimum absolute atomic E-state index is 0.0620. The van der Waals surface area contributed by atoms with Crippen LogP contribution in [0.1, 0.15) is 48.0 Å². The van der Waals surface area contributed by atoms with Crippen LogP contribution in [0.2, 0.25) is 0 Å². The topological polar surface area (TPSA) is 75.3 Å². The van der Waals surface area contributed by atoms with Crippen LogP contribution in [0.15, 0.2) is 53.4 Å². The number of carbonyl (C=O) groups is 1. The average Bonchev–Trinajstić information content (AvgIpc) is 2.68. The van der Waals surface area contributed by atoms with Crippen molar-refractivity contribution in [1.82, 2.24) is 10.0 Å². The Hall–Kier alpha value is -2.25. The molecule has 0 spiro atoms. The molecule has 0 saturated heterocycles. The SMILES string of the molecule is O=C(NC1CCCCC1)c1ccc(S(=O)(=O)NCc2ccc(F)cc2)cc1. The van der Waals surface area contributed by atoms with Crippen LogP contribution in [-0.4, -0.2) is 20.4 Å². The quantitative estimate of drug-likeness (QED) is 0.794. The highest BCUT2D eigenvalue weighted by atomic mass is 32.2. The van der Waals surface area contributed by atoms with Gasteiger partial charge in [0.1, 0.15) is 5.82 Å². The number of amides is 1. The van der Waals surface area contributed by atoms with Crippen LogP contribution in [0.25, 0.3) is 0 Å². The summed E-state index contributed by atoms with van der Waals surface area (Å²) in [5.74, 6) is -0.547. The van der Waals surface area contributed by atoms with Crippen molar-refractivity contribution < 1.29 is 17.6 Å². The van der Waals surface area contributed by atoms with Crippen molar-refractivity contribution >= 4 is 15.9 Å². The molecule has 0 unspecified atom stereocenters. The van der Waals surface area contributed by atoms with E-state index in [2.05, 4.69) is 10.0 Å². The highest BCUT2D eigenvalue weighted by Crippen LogP contribution is 2.18. The van der Waals surface area contributed by atoms with Crippen LogP contribution in [-0.2, 0) is 16.6 Å². The lowest BCUT2D eigenvalue weighted by Gasteiger charge is -2.22. The number of carbonyl (C=O) groups excluding carboxylic acids is 1. The maximum atomic E-state index is 12.9. The molecule has 0 radical (unpaired) electrons. The average molecular weight is 390 g/mol. The Morgan fingerprint density at radius 3 is 2.22 bits per heavy atom. The molecule has 3 rings (SSSR count). The molecule has 1 aliphatic carbocycles. The van der Waals surface area contributed by atoms with Gasteiger partial charge in [-0.3, -0.25) is 4.79 Å². The largest absolute Gasteiger partial charge is 0.349 e. The van der Waals surface area contributed by atoms with Crippen molar-refractivity contribution in [2.24, 2.45) is 0 Å². The smallest absolute Gasteiger partial charge is 0.251 e. The highest BCUT2D eigenvalue weighted by molar-refractivity contribution is 7.89. The van der Waals surface area contributed by atoms with Gasteiger partial charge in [0.05, 0.1) is 4.90 Å². The molecule has 1 amide bonds. The second kappa shape index (κ2) is 8.63. The Kier molecular flexibility index (Phi) is 6.23. The lowest BCUT2D eigenvalue weighted by atomic mass is 9.95. The normalized spacial score (nSPS) is 15.4. The van der Waals surface area contributed by atoms with Crippen molar-refractivity contribution in [3.05, 3.63) is 65.5 Å². The Morgan fingerprint density at radius 2 is 1.59 bits per heavy atom. The molecule has 0 heterocycles. The summed E-state index contributed by atoms with van der Waals surface area (Å²) in [6.07, 6.45) is 5.45. The summed E-state index contributed by atoms with van der Waals surface area (Å²) >= 11 is 0. The van der Waals surface area contributed by atoms with Crippen LogP contribution in [0.3, 0.4) is 0 Å². The first-order chi connectivity index (χ1) is 12.9. The third-order valence-corrected chi connectivity index (χ3v) is 6.16. The Balaban J connectivity index is 1.60. The second-order valence-corrected chi connectivity index (χ2v) is 8.55. The molecule has 1 aliphatic rings. The van der Waals surface area contributed by atoms with E-state index in [0.29, 0.717) is 11.1 Å². The van der Waals surface area contributed by atoms with E-state index in [0.717, 1.165) is 25.7 Å². The first-order valence-electron chi connectivity index (χ1n) is 9.09. The van der Waals surface area contributed by atoms with Gasteiger partial charge in [-0.1, -0.05) is 31.4 Å². The maximum absolute atomic E-state index is 12.9. The number of nitrogens with one attached hydrogen (secondary N) is 2. The van der Waals surface area contributed by atoms with Gasteiger partial charge >= 0.3 is 0 Å². The van der Waals surface area contributed by atoms with E-state index in [1.165, 1.54) is 55.0 Å². The lowest BCUT2D eigenvalue weighted by Crippen LogP contribution is -2.36. The predicted molar refractivity (Wildman–Crippen MR) is 101 cm³/mol. The molecule has 0 bridgehead atoms. The van der Waals surface area contributed by atoms with E-state index in [1.54, 1.807) is 0 Å². The second-order valence-electron chi connectivity index (χ2n) is 6.78. The maximum Gasteiger partial charge on any atom is 0.251 e. The number of hydrogen-bond donors (Lipinski definition) is 2. The molecule has 5 nitrogen and oxygen atoms in total. The summed E-state index contributed by atoms with van der Waals surface area (Å²) in [4.78, 5) is 12.4. The van der Waals surface area contributed by atoms with Gasteiger partial charge in [0.25, 0.3) is 5.91 Å². The summed E-state index contributed by atoms with van der Waals surface area (Å²) in [5.41, 5.74) is 1.10. The van der Waals surface area contributed by atoms with Crippen LogP contribution < -0.4 is 10.0 Å². The summed E-state index contributed by atoms with van der Waals surface area (Å²) in [7, 11) is -3.71. The number of hydrogen-bond acceptors (Lipinski definition) is 3. The Morgan fingerprint density at radius 1 is 0.963 bits per heavy atom. The van der Waals surface area contributed by atoms with E-state index < -0.39 is 10.0 Å². The van der Waals surface area contributed by atoms with Gasteiger partial charge in [-0.25, -0.2) is 17.5 Å². The summed E-state index contributed by atoms with van der Waals surface area (Å²) in [6.45, 7) is 0.0620. The van der Waals surface area contributed by atoms with Crippen LogP contribution >= 0.6 is 0 Å². The molecule has 144 valence electrons.